The number of aliphatic hydroxyl groups excluding tert-OH is 1. The third kappa shape index (κ3) is 3.00. The molecule has 0 aliphatic heterocycles. The average molecular weight is 293 g/mol. The molecule has 2 atom stereocenters. The highest BCUT2D eigenvalue weighted by atomic mass is 35.5. The Bertz CT molecular complexity index is 581. The van der Waals surface area contributed by atoms with Crippen molar-refractivity contribution in [1.82, 2.24) is 10.3 Å². The van der Waals surface area contributed by atoms with Crippen LogP contribution in [0.4, 0.5) is 0 Å². The molecule has 0 bridgehead atoms. The molecule has 0 saturated heterocycles. The first-order chi connectivity index (χ1) is 9.74. The van der Waals surface area contributed by atoms with E-state index in [2.05, 4.69) is 16.4 Å². The van der Waals surface area contributed by atoms with Gasteiger partial charge in [0, 0.05) is 35.2 Å². The first-order valence-corrected chi connectivity index (χ1v) is 7.76. The van der Waals surface area contributed by atoms with Crippen molar-refractivity contribution in [3.05, 3.63) is 35.0 Å². The van der Waals surface area contributed by atoms with Crippen molar-refractivity contribution in [2.75, 3.05) is 6.54 Å². The lowest BCUT2D eigenvalue weighted by molar-refractivity contribution is 0.0695. The van der Waals surface area contributed by atoms with Gasteiger partial charge in [0.15, 0.2) is 0 Å². The molecule has 2 aromatic rings. The second kappa shape index (κ2) is 6.17. The molecule has 1 aromatic carbocycles. The van der Waals surface area contributed by atoms with E-state index >= 15 is 0 Å². The number of nitrogens with one attached hydrogen (secondary N) is 2. The molecule has 1 saturated carbocycles. The third-order valence-corrected chi connectivity index (χ3v) is 4.56. The van der Waals surface area contributed by atoms with E-state index in [1.54, 1.807) is 0 Å². The van der Waals surface area contributed by atoms with Gasteiger partial charge in [0.25, 0.3) is 0 Å². The van der Waals surface area contributed by atoms with Crippen molar-refractivity contribution in [2.45, 2.75) is 38.3 Å². The maximum absolute atomic E-state index is 9.97. The minimum Gasteiger partial charge on any atom is -0.393 e. The fraction of sp³-hybridized carbons (Fsp3) is 0.500. The Morgan fingerprint density at radius 2 is 2.15 bits per heavy atom. The maximum atomic E-state index is 9.97. The minimum absolute atomic E-state index is 0.127. The van der Waals surface area contributed by atoms with Crippen LogP contribution in [0.3, 0.4) is 0 Å². The molecular weight excluding hydrogens is 272 g/mol. The molecule has 3 rings (SSSR count). The van der Waals surface area contributed by atoms with Crippen molar-refractivity contribution >= 4 is 22.5 Å². The number of rotatable bonds is 4. The van der Waals surface area contributed by atoms with Gasteiger partial charge in [-0.1, -0.05) is 30.5 Å². The third-order valence-electron chi connectivity index (χ3n) is 4.32. The van der Waals surface area contributed by atoms with E-state index in [1.165, 1.54) is 23.8 Å². The van der Waals surface area contributed by atoms with Gasteiger partial charge in [-0.25, -0.2) is 0 Å². The zero-order valence-corrected chi connectivity index (χ0v) is 12.3. The van der Waals surface area contributed by atoms with E-state index < -0.39 is 0 Å². The molecule has 3 N–H and O–H groups in total. The molecular formula is C16H21ClN2O. The molecule has 2 unspecified atom stereocenters. The predicted molar refractivity (Wildman–Crippen MR) is 83.0 cm³/mol. The largest absolute Gasteiger partial charge is 0.393 e. The zero-order chi connectivity index (χ0) is 13.9. The van der Waals surface area contributed by atoms with Gasteiger partial charge >= 0.3 is 0 Å². The zero-order valence-electron chi connectivity index (χ0n) is 11.5. The van der Waals surface area contributed by atoms with Gasteiger partial charge < -0.3 is 15.4 Å². The number of hydrogen-bond acceptors (Lipinski definition) is 2. The summed E-state index contributed by atoms with van der Waals surface area (Å²) in [5.41, 5.74) is 2.33. The smallest absolute Gasteiger partial charge is 0.0580 e. The van der Waals surface area contributed by atoms with Crippen molar-refractivity contribution < 1.29 is 5.11 Å². The van der Waals surface area contributed by atoms with Crippen LogP contribution >= 0.6 is 11.6 Å². The van der Waals surface area contributed by atoms with E-state index in [0.717, 1.165) is 36.5 Å². The summed E-state index contributed by atoms with van der Waals surface area (Å²) in [5, 5.41) is 15.4. The van der Waals surface area contributed by atoms with Crippen LogP contribution in [0.15, 0.2) is 24.4 Å². The topological polar surface area (TPSA) is 48.0 Å². The summed E-state index contributed by atoms with van der Waals surface area (Å²) >= 11 is 5.99. The molecule has 1 heterocycles. The summed E-state index contributed by atoms with van der Waals surface area (Å²) in [5.74, 6) is 0.406. The summed E-state index contributed by atoms with van der Waals surface area (Å²) < 4.78 is 0. The van der Waals surface area contributed by atoms with Crippen LogP contribution in [-0.2, 0) is 6.54 Å². The molecule has 1 aliphatic rings. The molecule has 1 aliphatic carbocycles. The molecule has 0 spiro atoms. The van der Waals surface area contributed by atoms with Crippen LogP contribution in [0.2, 0.25) is 5.02 Å². The normalized spacial score (nSPS) is 23.3. The first kappa shape index (κ1) is 13.9. The second-order valence-electron chi connectivity index (χ2n) is 5.75. The fourth-order valence-electron chi connectivity index (χ4n) is 3.12. The summed E-state index contributed by atoms with van der Waals surface area (Å²) in [6.45, 7) is 1.71. The van der Waals surface area contributed by atoms with E-state index in [-0.39, 0.29) is 6.10 Å². The Balaban J connectivity index is 1.59. The second-order valence-corrected chi connectivity index (χ2v) is 6.18. The summed E-state index contributed by atoms with van der Waals surface area (Å²) in [6, 6.07) is 5.93. The summed E-state index contributed by atoms with van der Waals surface area (Å²) in [6.07, 6.45) is 6.41. The lowest BCUT2D eigenvalue weighted by atomic mass is 9.86. The standard InChI is InChI=1S/C16H21ClN2O/c17-13-5-6-14-12(10-19-15(14)7-13)9-18-8-11-3-1-2-4-16(11)20/h5-7,10-11,16,18-20H,1-4,8-9H2. The van der Waals surface area contributed by atoms with Gasteiger partial charge in [0.1, 0.15) is 0 Å². The molecule has 108 valence electrons. The number of aliphatic hydroxyl groups is 1. The quantitative estimate of drug-likeness (QED) is 0.808. The van der Waals surface area contributed by atoms with Gasteiger partial charge in [-0.15, -0.1) is 0 Å². The highest BCUT2D eigenvalue weighted by Crippen LogP contribution is 2.24. The monoisotopic (exact) mass is 292 g/mol. The van der Waals surface area contributed by atoms with Gasteiger partial charge in [0.05, 0.1) is 6.10 Å². The molecule has 0 amide bonds. The van der Waals surface area contributed by atoms with Gasteiger partial charge in [0.2, 0.25) is 0 Å². The molecule has 1 aromatic heterocycles. The number of aromatic amines is 1. The van der Waals surface area contributed by atoms with E-state index in [0.29, 0.717) is 5.92 Å². The maximum Gasteiger partial charge on any atom is 0.0580 e. The number of halogens is 1. The van der Waals surface area contributed by atoms with Crippen LogP contribution in [0.1, 0.15) is 31.2 Å². The van der Waals surface area contributed by atoms with E-state index in [4.69, 9.17) is 11.6 Å². The summed E-state index contributed by atoms with van der Waals surface area (Å²) in [7, 11) is 0. The molecule has 1 fully saturated rings. The highest BCUT2D eigenvalue weighted by Gasteiger charge is 2.22. The van der Waals surface area contributed by atoms with E-state index in [9.17, 15) is 5.11 Å². The SMILES string of the molecule is OC1CCCCC1CNCc1c[nH]c2cc(Cl)ccc12. The fourth-order valence-corrected chi connectivity index (χ4v) is 3.30. The van der Waals surface area contributed by atoms with Crippen molar-refractivity contribution in [3.8, 4) is 0 Å². The first-order valence-electron chi connectivity index (χ1n) is 7.38. The van der Waals surface area contributed by atoms with Gasteiger partial charge in [-0.2, -0.15) is 0 Å². The Morgan fingerprint density at radius 1 is 1.30 bits per heavy atom. The molecule has 20 heavy (non-hydrogen) atoms. The lowest BCUT2D eigenvalue weighted by Crippen LogP contribution is -2.33. The summed E-state index contributed by atoms with van der Waals surface area (Å²) in [4.78, 5) is 3.25. The van der Waals surface area contributed by atoms with Crippen LogP contribution in [-0.4, -0.2) is 22.7 Å². The lowest BCUT2D eigenvalue weighted by Gasteiger charge is -2.27. The van der Waals surface area contributed by atoms with Gasteiger partial charge in [-0.05, 0) is 36.5 Å². The average Bonchev–Trinajstić information content (AvgIpc) is 2.83. The van der Waals surface area contributed by atoms with Crippen molar-refractivity contribution in [2.24, 2.45) is 5.92 Å². The minimum atomic E-state index is -0.127. The van der Waals surface area contributed by atoms with Crippen LogP contribution in [0.5, 0.6) is 0 Å². The Hall–Kier alpha value is -1.03. The molecule has 3 nitrogen and oxygen atoms in total. The Kier molecular flexibility index (Phi) is 4.29. The molecule has 0 radical (unpaired) electrons. The van der Waals surface area contributed by atoms with Crippen molar-refractivity contribution in [1.29, 1.82) is 0 Å². The van der Waals surface area contributed by atoms with Gasteiger partial charge in [-0.3, -0.25) is 0 Å². The van der Waals surface area contributed by atoms with Crippen LogP contribution in [0.25, 0.3) is 10.9 Å². The number of hydrogen-bond donors (Lipinski definition) is 3. The van der Waals surface area contributed by atoms with Crippen LogP contribution < -0.4 is 5.32 Å². The number of H-pyrrole nitrogens is 1. The Morgan fingerprint density at radius 3 is 3.00 bits per heavy atom. The van der Waals surface area contributed by atoms with E-state index in [1.807, 2.05) is 18.3 Å². The van der Waals surface area contributed by atoms with Crippen molar-refractivity contribution in [3.63, 3.8) is 0 Å². The number of aromatic nitrogens is 1. The van der Waals surface area contributed by atoms with Crippen LogP contribution in [0, 0.1) is 5.92 Å². The number of benzene rings is 1. The number of fused-ring (bicyclic) bond motifs is 1. The molecule has 4 heteroatoms. The predicted octanol–water partition coefficient (Wildman–Crippen LogP) is 3.46. The highest BCUT2D eigenvalue weighted by molar-refractivity contribution is 6.31. The Labute approximate surface area is 124 Å².